The molecule has 1 unspecified atom stereocenters. The number of carbonyl (C=O) groups is 1. The normalized spacial score (nSPS) is 14.9. The number of benzene rings is 3. The van der Waals surface area contributed by atoms with Gasteiger partial charge in [0.05, 0.1) is 17.6 Å². The lowest BCUT2D eigenvalue weighted by Gasteiger charge is -2.45. The molecule has 1 saturated heterocycles. The fourth-order valence-corrected chi connectivity index (χ4v) is 4.65. The Morgan fingerprint density at radius 1 is 1.03 bits per heavy atom. The second-order valence-electron chi connectivity index (χ2n) is 8.41. The van der Waals surface area contributed by atoms with Crippen molar-refractivity contribution in [1.29, 1.82) is 5.41 Å². The van der Waals surface area contributed by atoms with E-state index in [1.165, 1.54) is 29.5 Å². The number of hydrogen-bond donors (Lipinski definition) is 3. The van der Waals surface area contributed by atoms with E-state index in [4.69, 9.17) is 5.41 Å². The first-order valence-corrected chi connectivity index (χ1v) is 12.5. The molecule has 0 saturated carbocycles. The van der Waals surface area contributed by atoms with E-state index in [0.717, 1.165) is 13.1 Å². The Kier molecular flexibility index (Phi) is 7.19. The molecule has 1 aliphatic heterocycles. The van der Waals surface area contributed by atoms with Crippen LogP contribution in [0.25, 0.3) is 0 Å². The van der Waals surface area contributed by atoms with Crippen molar-refractivity contribution in [2.45, 2.75) is 19.0 Å². The number of nitrogens with one attached hydrogen (secondary N) is 3. The van der Waals surface area contributed by atoms with Gasteiger partial charge in [-0.05, 0) is 30.2 Å². The van der Waals surface area contributed by atoms with Gasteiger partial charge in [-0.25, -0.2) is 8.60 Å². The molecule has 0 radical (unpaired) electrons. The molecule has 1 fully saturated rings. The topological polar surface area (TPSA) is 85.3 Å². The molecular formula is C26H27FN4O2S. The van der Waals surface area contributed by atoms with Crippen LogP contribution < -0.4 is 10.0 Å². The zero-order chi connectivity index (χ0) is 24.2. The lowest BCUT2D eigenvalue weighted by Crippen LogP contribution is -2.56. The number of halogens is 1. The van der Waals surface area contributed by atoms with Crippen molar-refractivity contribution in [1.82, 2.24) is 9.62 Å². The highest BCUT2D eigenvalue weighted by atomic mass is 32.2. The molecule has 3 aromatic carbocycles. The number of carbonyl (C=O) groups excluding carboxylic acids is 1. The summed E-state index contributed by atoms with van der Waals surface area (Å²) in [6.45, 7) is 3.07. The summed E-state index contributed by atoms with van der Waals surface area (Å²) in [7, 11) is -1.61. The molecule has 0 aromatic heterocycles. The Morgan fingerprint density at radius 2 is 1.59 bits per heavy atom. The predicted molar refractivity (Wildman–Crippen MR) is 134 cm³/mol. The Morgan fingerprint density at radius 3 is 2.09 bits per heavy atom. The highest BCUT2D eigenvalue weighted by Gasteiger charge is 2.34. The molecule has 6 nitrogen and oxygen atoms in total. The lowest BCUT2D eigenvalue weighted by atomic mass is 9.93. The van der Waals surface area contributed by atoms with E-state index < -0.39 is 22.7 Å². The first kappa shape index (κ1) is 23.8. The fraction of sp³-hybridized carbons (Fsp3) is 0.231. The molecule has 0 bridgehead atoms. The van der Waals surface area contributed by atoms with E-state index in [1.54, 1.807) is 6.92 Å². The third kappa shape index (κ3) is 5.24. The number of amides is 1. The number of likely N-dealkylation sites (tertiary alicyclic amines) is 1. The molecule has 1 atom stereocenters. The minimum atomic E-state index is -1.61. The second-order valence-corrected chi connectivity index (χ2v) is 9.52. The van der Waals surface area contributed by atoms with Crippen molar-refractivity contribution < 1.29 is 13.4 Å². The molecule has 176 valence electrons. The maximum Gasteiger partial charge on any atom is 0.265 e. The quantitative estimate of drug-likeness (QED) is 0.425. The van der Waals surface area contributed by atoms with Crippen LogP contribution in [0.2, 0.25) is 0 Å². The molecular weight excluding hydrogens is 451 g/mol. The van der Waals surface area contributed by atoms with Crippen LogP contribution in [-0.2, 0) is 11.0 Å². The molecule has 1 heterocycles. The first-order chi connectivity index (χ1) is 16.3. The van der Waals surface area contributed by atoms with Gasteiger partial charge in [0.2, 0.25) is 0 Å². The molecule has 3 N–H and O–H groups in total. The summed E-state index contributed by atoms with van der Waals surface area (Å²) >= 11 is 0. The van der Waals surface area contributed by atoms with Gasteiger partial charge in [-0.1, -0.05) is 60.7 Å². The third-order valence-electron chi connectivity index (χ3n) is 5.86. The molecule has 8 heteroatoms. The summed E-state index contributed by atoms with van der Waals surface area (Å²) in [5.41, 5.74) is 3.30. The fourth-order valence-electron chi connectivity index (χ4n) is 4.28. The largest absolute Gasteiger partial charge is 0.379 e. The lowest BCUT2D eigenvalue weighted by molar-refractivity contribution is 0.0979. The van der Waals surface area contributed by atoms with Gasteiger partial charge in [0, 0.05) is 36.3 Å². The first-order valence-electron chi connectivity index (χ1n) is 11.0. The minimum Gasteiger partial charge on any atom is -0.379 e. The van der Waals surface area contributed by atoms with Crippen molar-refractivity contribution >= 4 is 28.3 Å². The van der Waals surface area contributed by atoms with E-state index in [9.17, 15) is 13.4 Å². The SMILES string of the molecule is CC(=N)c1cc(C(=O)NS(C)=O)c(F)cc1NC1CN(C(c2ccccc2)c2ccccc2)C1. The van der Waals surface area contributed by atoms with Crippen LogP contribution in [-0.4, -0.2) is 46.1 Å². The minimum absolute atomic E-state index is 0.0650. The highest BCUT2D eigenvalue weighted by Crippen LogP contribution is 2.33. The Hall–Kier alpha value is -3.36. The third-order valence-corrected chi connectivity index (χ3v) is 6.33. The van der Waals surface area contributed by atoms with Crippen LogP contribution in [0, 0.1) is 11.2 Å². The number of anilines is 1. The van der Waals surface area contributed by atoms with Crippen molar-refractivity contribution in [3.05, 3.63) is 101 Å². The van der Waals surface area contributed by atoms with Gasteiger partial charge in [-0.15, -0.1) is 0 Å². The average Bonchev–Trinajstić information content (AvgIpc) is 2.78. The van der Waals surface area contributed by atoms with E-state index >= 15 is 0 Å². The summed E-state index contributed by atoms with van der Waals surface area (Å²) < 4.78 is 28.2. The van der Waals surface area contributed by atoms with Gasteiger partial charge in [-0.2, -0.15) is 0 Å². The molecule has 0 spiro atoms. The zero-order valence-corrected chi connectivity index (χ0v) is 19.9. The smallest absolute Gasteiger partial charge is 0.265 e. The van der Waals surface area contributed by atoms with Crippen LogP contribution in [0.3, 0.4) is 0 Å². The second kappa shape index (κ2) is 10.3. The van der Waals surface area contributed by atoms with Gasteiger partial charge in [0.15, 0.2) is 0 Å². The van der Waals surface area contributed by atoms with Crippen LogP contribution >= 0.6 is 0 Å². The standard InChI is InChI=1S/C26H27FN4O2S/c1-17(28)21-13-22(26(32)30-34(2)33)23(27)14-24(21)29-20-15-31(16-20)25(18-9-5-3-6-10-18)19-11-7-4-8-12-19/h3-14,20,25,28-29H,15-16H2,1-2H3,(H,30,32). The van der Waals surface area contributed by atoms with Crippen LogP contribution in [0.15, 0.2) is 72.8 Å². The maximum atomic E-state index is 14.7. The number of hydrogen-bond acceptors (Lipinski definition) is 5. The van der Waals surface area contributed by atoms with Crippen molar-refractivity contribution in [2.75, 3.05) is 24.7 Å². The van der Waals surface area contributed by atoms with Crippen LogP contribution in [0.1, 0.15) is 40.0 Å². The maximum absolute atomic E-state index is 14.7. The van der Waals surface area contributed by atoms with Crippen molar-refractivity contribution in [2.24, 2.45) is 0 Å². The Bertz CT molecular complexity index is 1170. The molecule has 34 heavy (non-hydrogen) atoms. The summed E-state index contributed by atoms with van der Waals surface area (Å²) in [4.78, 5) is 14.6. The monoisotopic (exact) mass is 478 g/mol. The number of rotatable bonds is 8. The van der Waals surface area contributed by atoms with Gasteiger partial charge in [0.25, 0.3) is 5.91 Å². The molecule has 1 aliphatic rings. The highest BCUT2D eigenvalue weighted by molar-refractivity contribution is 7.82. The van der Waals surface area contributed by atoms with Gasteiger partial charge in [0.1, 0.15) is 16.8 Å². The van der Waals surface area contributed by atoms with Gasteiger partial charge >= 0.3 is 0 Å². The number of nitrogens with zero attached hydrogens (tertiary/aromatic N) is 1. The zero-order valence-electron chi connectivity index (χ0n) is 19.0. The van der Waals surface area contributed by atoms with E-state index in [2.05, 4.69) is 39.2 Å². The van der Waals surface area contributed by atoms with E-state index in [-0.39, 0.29) is 23.4 Å². The Balaban J connectivity index is 1.53. The summed E-state index contributed by atoms with van der Waals surface area (Å²) in [5, 5.41) is 11.5. The van der Waals surface area contributed by atoms with Crippen molar-refractivity contribution in [3.63, 3.8) is 0 Å². The van der Waals surface area contributed by atoms with Gasteiger partial charge in [-0.3, -0.25) is 14.4 Å². The van der Waals surface area contributed by atoms with Crippen LogP contribution in [0.5, 0.6) is 0 Å². The van der Waals surface area contributed by atoms with E-state index in [0.29, 0.717) is 11.3 Å². The van der Waals surface area contributed by atoms with E-state index in [1.807, 2.05) is 36.4 Å². The van der Waals surface area contributed by atoms with Crippen LogP contribution in [0.4, 0.5) is 10.1 Å². The Labute approximate surface area is 201 Å². The summed E-state index contributed by atoms with van der Waals surface area (Å²) in [6, 6.07) is 23.4. The molecule has 1 amide bonds. The molecule has 4 rings (SSSR count). The molecule has 0 aliphatic carbocycles. The predicted octanol–water partition coefficient (Wildman–Crippen LogP) is 4.12. The van der Waals surface area contributed by atoms with Crippen molar-refractivity contribution in [3.8, 4) is 0 Å². The average molecular weight is 479 g/mol. The molecule has 3 aromatic rings. The summed E-state index contributed by atoms with van der Waals surface area (Å²) in [5.74, 6) is -1.49. The van der Waals surface area contributed by atoms with Gasteiger partial charge < -0.3 is 10.7 Å². The summed E-state index contributed by atoms with van der Waals surface area (Å²) in [6.07, 6.45) is 1.30.